The van der Waals surface area contributed by atoms with Crippen LogP contribution in [0.1, 0.15) is 36.7 Å². The maximum absolute atomic E-state index is 5.42. The van der Waals surface area contributed by atoms with Crippen molar-refractivity contribution in [2.75, 3.05) is 19.0 Å². The number of anilines is 1. The Morgan fingerprint density at radius 1 is 1.30 bits per heavy atom. The molecule has 5 nitrogen and oxygen atoms in total. The number of ether oxygens (including phenoxy) is 1. The lowest BCUT2D eigenvalue weighted by molar-refractivity contribution is 0.240. The van der Waals surface area contributed by atoms with Crippen LogP contribution >= 0.6 is 11.5 Å². The zero-order chi connectivity index (χ0) is 15.8. The molecule has 6 heteroatoms. The minimum atomic E-state index is 0.370. The van der Waals surface area contributed by atoms with Crippen LogP contribution in [0, 0.1) is 6.92 Å². The van der Waals surface area contributed by atoms with E-state index in [1.165, 1.54) is 29.9 Å². The topological polar surface area (TPSA) is 50.3 Å². The zero-order valence-corrected chi connectivity index (χ0v) is 14.3. The molecule has 2 atom stereocenters. The van der Waals surface area contributed by atoms with Crippen molar-refractivity contribution in [2.24, 2.45) is 0 Å². The van der Waals surface area contributed by atoms with Crippen LogP contribution in [0.4, 0.5) is 5.13 Å². The second kappa shape index (κ2) is 6.09. The third kappa shape index (κ3) is 3.05. The highest BCUT2D eigenvalue weighted by atomic mass is 32.1. The van der Waals surface area contributed by atoms with Crippen molar-refractivity contribution in [1.29, 1.82) is 0 Å². The summed E-state index contributed by atoms with van der Waals surface area (Å²) < 4.78 is 9.71. The molecule has 1 aliphatic carbocycles. The van der Waals surface area contributed by atoms with E-state index in [0.717, 1.165) is 35.7 Å². The van der Waals surface area contributed by atoms with Gasteiger partial charge in [0.15, 0.2) is 0 Å². The second-order valence-corrected chi connectivity index (χ2v) is 7.13. The number of hydrogen-bond acceptors (Lipinski definition) is 6. The van der Waals surface area contributed by atoms with Gasteiger partial charge < -0.3 is 10.1 Å². The van der Waals surface area contributed by atoms with Crippen LogP contribution in [0.3, 0.4) is 0 Å². The molecule has 1 aromatic carbocycles. The fraction of sp³-hybridized carbons (Fsp3) is 0.529. The van der Waals surface area contributed by atoms with Gasteiger partial charge in [-0.05, 0) is 43.9 Å². The van der Waals surface area contributed by atoms with Gasteiger partial charge >= 0.3 is 0 Å². The van der Waals surface area contributed by atoms with Gasteiger partial charge in [0.2, 0.25) is 5.13 Å². The number of nitrogens with zero attached hydrogens (tertiary/aromatic N) is 3. The zero-order valence-electron chi connectivity index (χ0n) is 13.5. The highest BCUT2D eigenvalue weighted by molar-refractivity contribution is 7.09. The van der Waals surface area contributed by atoms with E-state index in [-0.39, 0.29) is 0 Å². The molecule has 1 aromatic heterocycles. The van der Waals surface area contributed by atoms with Crippen LogP contribution in [0.15, 0.2) is 24.3 Å². The molecule has 1 aliphatic heterocycles. The summed E-state index contributed by atoms with van der Waals surface area (Å²) >= 11 is 1.45. The summed E-state index contributed by atoms with van der Waals surface area (Å²) in [6, 6.07) is 9.98. The van der Waals surface area contributed by atoms with Crippen molar-refractivity contribution in [3.05, 3.63) is 35.7 Å². The predicted molar refractivity (Wildman–Crippen MR) is 92.1 cm³/mol. The Balaban J connectivity index is 1.61. The van der Waals surface area contributed by atoms with Gasteiger partial charge in [-0.1, -0.05) is 12.1 Å². The number of aromatic nitrogens is 2. The smallest absolute Gasteiger partial charge is 0.202 e. The van der Waals surface area contributed by atoms with Crippen molar-refractivity contribution >= 4 is 16.7 Å². The van der Waals surface area contributed by atoms with E-state index in [2.05, 4.69) is 37.8 Å². The van der Waals surface area contributed by atoms with E-state index in [1.807, 2.05) is 13.0 Å². The van der Waals surface area contributed by atoms with Crippen molar-refractivity contribution in [3.8, 4) is 5.75 Å². The van der Waals surface area contributed by atoms with Crippen LogP contribution in [-0.2, 0) is 0 Å². The minimum Gasteiger partial charge on any atom is -0.497 e. The third-order valence-corrected chi connectivity index (χ3v) is 5.46. The lowest BCUT2D eigenvalue weighted by Crippen LogP contribution is -2.32. The lowest BCUT2D eigenvalue weighted by atomic mass is 9.99. The van der Waals surface area contributed by atoms with Crippen LogP contribution < -0.4 is 10.1 Å². The van der Waals surface area contributed by atoms with Gasteiger partial charge in [-0.15, -0.1) is 0 Å². The summed E-state index contributed by atoms with van der Waals surface area (Å²) in [5.74, 6) is 1.77. The van der Waals surface area contributed by atoms with Crippen molar-refractivity contribution < 1.29 is 4.74 Å². The van der Waals surface area contributed by atoms with Gasteiger partial charge in [0.25, 0.3) is 0 Å². The van der Waals surface area contributed by atoms with Gasteiger partial charge in [0, 0.05) is 30.2 Å². The average molecular weight is 330 g/mol. The average Bonchev–Trinajstić information content (AvgIpc) is 3.21. The normalized spacial score (nSPS) is 24.8. The van der Waals surface area contributed by atoms with Crippen LogP contribution in [0.25, 0.3) is 0 Å². The number of hydrogen-bond donors (Lipinski definition) is 1. The SMILES string of the molecule is COc1cccc(C2C(Nc3nc(C)ns3)CCN2C2CC2)c1. The number of methoxy groups -OCH3 is 1. The molecule has 2 unspecified atom stereocenters. The Kier molecular flexibility index (Phi) is 3.95. The Morgan fingerprint density at radius 2 is 2.17 bits per heavy atom. The fourth-order valence-corrected chi connectivity index (χ4v) is 4.18. The molecule has 1 N–H and O–H groups in total. The number of benzene rings is 1. The molecule has 2 aliphatic rings. The second-order valence-electron chi connectivity index (χ2n) is 6.38. The number of likely N-dealkylation sites (tertiary alicyclic amines) is 1. The molecule has 4 rings (SSSR count). The molecule has 122 valence electrons. The molecule has 1 saturated carbocycles. The monoisotopic (exact) mass is 330 g/mol. The van der Waals surface area contributed by atoms with E-state index in [0.29, 0.717) is 12.1 Å². The van der Waals surface area contributed by atoms with Crippen molar-refractivity contribution in [1.82, 2.24) is 14.3 Å². The summed E-state index contributed by atoms with van der Waals surface area (Å²) in [6.07, 6.45) is 3.78. The number of nitrogens with one attached hydrogen (secondary N) is 1. The first-order chi connectivity index (χ1) is 11.2. The molecule has 0 amide bonds. The van der Waals surface area contributed by atoms with Gasteiger partial charge in [-0.3, -0.25) is 4.90 Å². The summed E-state index contributed by atoms with van der Waals surface area (Å²) in [4.78, 5) is 7.13. The third-order valence-electron chi connectivity index (χ3n) is 4.72. The first-order valence-electron chi connectivity index (χ1n) is 8.21. The summed E-state index contributed by atoms with van der Waals surface area (Å²) in [6.45, 7) is 3.08. The van der Waals surface area contributed by atoms with Gasteiger partial charge in [0.05, 0.1) is 13.2 Å². The maximum atomic E-state index is 5.42. The molecule has 2 aromatic rings. The Hall–Kier alpha value is -1.66. The first-order valence-corrected chi connectivity index (χ1v) is 8.98. The Bertz CT molecular complexity index is 685. The largest absolute Gasteiger partial charge is 0.497 e. The van der Waals surface area contributed by atoms with E-state index < -0.39 is 0 Å². The van der Waals surface area contributed by atoms with E-state index in [9.17, 15) is 0 Å². The molecular formula is C17H22N4OS. The predicted octanol–water partition coefficient (Wildman–Crippen LogP) is 3.25. The molecule has 2 heterocycles. The lowest BCUT2D eigenvalue weighted by Gasteiger charge is -2.29. The molecule has 1 saturated heterocycles. The first kappa shape index (κ1) is 14.9. The molecule has 23 heavy (non-hydrogen) atoms. The van der Waals surface area contributed by atoms with Gasteiger partial charge in [0.1, 0.15) is 11.6 Å². The Morgan fingerprint density at radius 3 is 2.87 bits per heavy atom. The quantitative estimate of drug-likeness (QED) is 0.912. The summed E-state index contributed by atoms with van der Waals surface area (Å²) in [7, 11) is 1.73. The molecule has 0 spiro atoms. The van der Waals surface area contributed by atoms with Crippen molar-refractivity contribution in [3.63, 3.8) is 0 Å². The summed E-state index contributed by atoms with van der Waals surface area (Å²) in [5.41, 5.74) is 1.33. The highest BCUT2D eigenvalue weighted by Crippen LogP contribution is 2.42. The van der Waals surface area contributed by atoms with Gasteiger partial charge in [-0.25, -0.2) is 4.98 Å². The maximum Gasteiger partial charge on any atom is 0.202 e. The van der Waals surface area contributed by atoms with Gasteiger partial charge in [-0.2, -0.15) is 4.37 Å². The fourth-order valence-electron chi connectivity index (χ4n) is 3.55. The molecule has 2 fully saturated rings. The molecule has 0 bridgehead atoms. The number of aryl methyl sites for hydroxylation is 1. The van der Waals surface area contributed by atoms with Crippen LogP contribution in [0.5, 0.6) is 5.75 Å². The van der Waals surface area contributed by atoms with Crippen LogP contribution in [0.2, 0.25) is 0 Å². The van der Waals surface area contributed by atoms with Crippen molar-refractivity contribution in [2.45, 2.75) is 44.3 Å². The molecular weight excluding hydrogens is 308 g/mol. The minimum absolute atomic E-state index is 0.370. The standard InChI is InChI=1S/C17H22N4OS/c1-11-18-17(23-20-11)19-15-8-9-21(13-6-7-13)16(15)12-4-3-5-14(10-12)22-2/h3-5,10,13,15-16H,6-9H2,1-2H3,(H,18,19,20). The molecule has 0 radical (unpaired) electrons. The number of rotatable bonds is 5. The van der Waals surface area contributed by atoms with E-state index >= 15 is 0 Å². The summed E-state index contributed by atoms with van der Waals surface area (Å²) in [5, 5.41) is 4.55. The highest BCUT2D eigenvalue weighted by Gasteiger charge is 2.43. The van der Waals surface area contributed by atoms with E-state index in [4.69, 9.17) is 4.74 Å². The van der Waals surface area contributed by atoms with E-state index in [1.54, 1.807) is 7.11 Å². The van der Waals surface area contributed by atoms with Crippen LogP contribution in [-0.4, -0.2) is 40.0 Å². The Labute approximate surface area is 140 Å².